The highest BCUT2D eigenvalue weighted by Crippen LogP contribution is 2.59. The molecule has 2 heterocycles. The van der Waals surface area contributed by atoms with E-state index in [-0.39, 0.29) is 41.5 Å². The van der Waals surface area contributed by atoms with Gasteiger partial charge in [-0.05, 0) is 60.2 Å². The Morgan fingerprint density at radius 2 is 1.29 bits per heavy atom. The van der Waals surface area contributed by atoms with E-state index in [2.05, 4.69) is 13.2 Å². The number of carbonyl (C=O) groups excluding carboxylic acids is 4. The molecular formula is C37H32N2O6. The van der Waals surface area contributed by atoms with Gasteiger partial charge in [-0.1, -0.05) is 73.4 Å². The number of phenolic OH excluding ortho intramolecular Hbond substituents is 1. The van der Waals surface area contributed by atoms with Gasteiger partial charge in [0.05, 0.1) is 42.2 Å². The van der Waals surface area contributed by atoms with Gasteiger partial charge in [0.25, 0.3) is 0 Å². The van der Waals surface area contributed by atoms with Crippen LogP contribution in [0.3, 0.4) is 0 Å². The van der Waals surface area contributed by atoms with Crippen molar-refractivity contribution in [3.05, 3.63) is 108 Å². The largest absolute Gasteiger partial charge is 0.504 e. The Balaban J connectivity index is 1.33. The number of phenols is 1. The molecule has 0 bridgehead atoms. The number of amides is 4. The van der Waals surface area contributed by atoms with Crippen LogP contribution in [0.25, 0.3) is 12.2 Å². The number of para-hydroxylation sites is 1. The molecule has 3 aromatic carbocycles. The molecule has 226 valence electrons. The molecule has 2 saturated heterocycles. The van der Waals surface area contributed by atoms with Gasteiger partial charge in [0.1, 0.15) is 0 Å². The molecule has 45 heavy (non-hydrogen) atoms. The number of allylic oxidation sites excluding steroid dienone is 2. The Morgan fingerprint density at radius 3 is 1.84 bits per heavy atom. The summed E-state index contributed by atoms with van der Waals surface area (Å²) in [6.07, 6.45) is 5.89. The topological polar surface area (TPSA) is 104 Å². The number of carbonyl (C=O) groups is 4. The quantitative estimate of drug-likeness (QED) is 0.286. The highest BCUT2D eigenvalue weighted by atomic mass is 16.5. The van der Waals surface area contributed by atoms with Gasteiger partial charge in [0.2, 0.25) is 23.6 Å². The fraction of sp³-hybridized carbons (Fsp3) is 0.243. The number of fused-ring (bicyclic) bond motifs is 4. The van der Waals surface area contributed by atoms with Crippen molar-refractivity contribution in [3.63, 3.8) is 0 Å². The number of nitrogens with zero attached hydrogens (tertiary/aromatic N) is 2. The van der Waals surface area contributed by atoms with E-state index in [4.69, 9.17) is 4.74 Å². The summed E-state index contributed by atoms with van der Waals surface area (Å²) in [7, 11) is 1.45. The zero-order valence-electron chi connectivity index (χ0n) is 24.8. The number of hydrogen-bond acceptors (Lipinski definition) is 6. The van der Waals surface area contributed by atoms with Crippen molar-refractivity contribution in [2.45, 2.75) is 18.8 Å². The lowest BCUT2D eigenvalue weighted by Crippen LogP contribution is -2.43. The molecule has 8 nitrogen and oxygen atoms in total. The first kappa shape index (κ1) is 28.5. The minimum absolute atomic E-state index is 0.112. The van der Waals surface area contributed by atoms with Crippen molar-refractivity contribution >= 4 is 47.2 Å². The Kier molecular flexibility index (Phi) is 6.80. The second-order valence-corrected chi connectivity index (χ2v) is 12.0. The number of benzene rings is 3. The van der Waals surface area contributed by atoms with Crippen molar-refractivity contribution in [3.8, 4) is 11.5 Å². The van der Waals surface area contributed by atoms with E-state index in [9.17, 15) is 24.3 Å². The Labute approximate surface area is 260 Å². The zero-order chi connectivity index (χ0) is 31.6. The second-order valence-electron chi connectivity index (χ2n) is 12.0. The van der Waals surface area contributed by atoms with Crippen LogP contribution in [-0.4, -0.2) is 35.8 Å². The van der Waals surface area contributed by atoms with E-state index in [0.717, 1.165) is 16.7 Å². The van der Waals surface area contributed by atoms with E-state index in [1.165, 1.54) is 16.9 Å². The standard InChI is InChI=1S/C37H32N2O6/c1-4-20-9-13-22(14-10-20)38-34(41)26-18-17-24-27(31(26)36(38)43)19-28-32(30(24)25-7-6-8-29(45-3)33(25)40)37(44)39(35(28)42)23-15-11-21(5-2)12-16-23/h4-17,26-28,30-32,40H,1-2,18-19H2,3H3/t26-,27+,28+,30+,31-,32+/m0/s1. The van der Waals surface area contributed by atoms with E-state index < -0.39 is 35.5 Å². The van der Waals surface area contributed by atoms with Gasteiger partial charge in [-0.2, -0.15) is 0 Å². The first-order valence-electron chi connectivity index (χ1n) is 15.1. The summed E-state index contributed by atoms with van der Waals surface area (Å²) in [4.78, 5) is 58.9. The van der Waals surface area contributed by atoms with Crippen molar-refractivity contribution in [2.75, 3.05) is 16.9 Å². The summed E-state index contributed by atoms with van der Waals surface area (Å²) >= 11 is 0. The van der Waals surface area contributed by atoms with Crippen LogP contribution in [0, 0.1) is 29.6 Å². The fourth-order valence-corrected chi connectivity index (χ4v) is 7.92. The fourth-order valence-electron chi connectivity index (χ4n) is 7.92. The molecular weight excluding hydrogens is 568 g/mol. The van der Waals surface area contributed by atoms with E-state index in [1.54, 1.807) is 78.9 Å². The third-order valence-electron chi connectivity index (χ3n) is 10.0. The minimum atomic E-state index is -0.802. The number of anilines is 2. The number of hydrogen-bond donors (Lipinski definition) is 1. The Morgan fingerprint density at radius 1 is 0.733 bits per heavy atom. The van der Waals surface area contributed by atoms with Gasteiger partial charge in [0.15, 0.2) is 11.5 Å². The summed E-state index contributed by atoms with van der Waals surface area (Å²) in [5, 5.41) is 11.4. The van der Waals surface area contributed by atoms with Crippen LogP contribution in [0.5, 0.6) is 11.5 Å². The number of ether oxygens (including phenoxy) is 1. The molecule has 4 amide bonds. The normalized spacial score (nSPS) is 27.1. The molecule has 4 aliphatic rings. The van der Waals surface area contributed by atoms with E-state index in [0.29, 0.717) is 23.4 Å². The van der Waals surface area contributed by atoms with Gasteiger partial charge < -0.3 is 9.84 Å². The highest BCUT2D eigenvalue weighted by molar-refractivity contribution is 6.24. The lowest BCUT2D eigenvalue weighted by molar-refractivity contribution is -0.126. The van der Waals surface area contributed by atoms with Crippen LogP contribution < -0.4 is 14.5 Å². The summed E-state index contributed by atoms with van der Waals surface area (Å²) in [6, 6.07) is 19.2. The molecule has 0 spiro atoms. The van der Waals surface area contributed by atoms with Crippen LogP contribution in [0.1, 0.15) is 35.4 Å². The maximum atomic E-state index is 14.3. The van der Waals surface area contributed by atoms with E-state index >= 15 is 0 Å². The first-order valence-corrected chi connectivity index (χ1v) is 15.1. The molecule has 0 unspecified atom stereocenters. The van der Waals surface area contributed by atoms with Crippen molar-refractivity contribution in [2.24, 2.45) is 29.6 Å². The predicted octanol–water partition coefficient (Wildman–Crippen LogP) is 5.73. The molecule has 3 fully saturated rings. The maximum absolute atomic E-state index is 14.3. The van der Waals surface area contributed by atoms with Crippen LogP contribution >= 0.6 is 0 Å². The lowest BCUT2D eigenvalue weighted by Gasteiger charge is -2.44. The summed E-state index contributed by atoms with van der Waals surface area (Å²) in [6.45, 7) is 7.55. The number of imide groups is 2. The highest BCUT2D eigenvalue weighted by Gasteiger charge is 2.62. The smallest absolute Gasteiger partial charge is 0.238 e. The average Bonchev–Trinajstić information content (AvgIpc) is 3.47. The lowest BCUT2D eigenvalue weighted by atomic mass is 9.57. The molecule has 6 atom stereocenters. The zero-order valence-corrected chi connectivity index (χ0v) is 24.8. The molecule has 0 radical (unpaired) electrons. The maximum Gasteiger partial charge on any atom is 0.238 e. The second kappa shape index (κ2) is 10.7. The first-order chi connectivity index (χ1) is 21.8. The van der Waals surface area contributed by atoms with Gasteiger partial charge >= 0.3 is 0 Å². The Hall–Kier alpha value is -5.24. The molecule has 1 N–H and O–H groups in total. The Bertz CT molecular complexity index is 1810. The van der Waals surface area contributed by atoms with Gasteiger partial charge in [-0.15, -0.1) is 0 Å². The number of aromatic hydroxyl groups is 1. The molecule has 8 heteroatoms. The molecule has 1 saturated carbocycles. The minimum Gasteiger partial charge on any atom is -0.504 e. The average molecular weight is 601 g/mol. The number of methoxy groups -OCH3 is 1. The third kappa shape index (κ3) is 4.19. The van der Waals surface area contributed by atoms with Crippen molar-refractivity contribution in [1.82, 2.24) is 0 Å². The van der Waals surface area contributed by atoms with Gasteiger partial charge in [0, 0.05) is 11.5 Å². The van der Waals surface area contributed by atoms with E-state index in [1.807, 2.05) is 6.08 Å². The van der Waals surface area contributed by atoms with Crippen LogP contribution in [-0.2, 0) is 19.2 Å². The van der Waals surface area contributed by atoms with Crippen LogP contribution in [0.4, 0.5) is 11.4 Å². The third-order valence-corrected chi connectivity index (χ3v) is 10.0. The van der Waals surface area contributed by atoms with Crippen LogP contribution in [0.2, 0.25) is 0 Å². The summed E-state index contributed by atoms with van der Waals surface area (Å²) in [5.41, 5.74) is 3.92. The van der Waals surface area contributed by atoms with Crippen molar-refractivity contribution < 1.29 is 29.0 Å². The van der Waals surface area contributed by atoms with Gasteiger partial charge in [-0.3, -0.25) is 29.0 Å². The molecule has 0 aromatic heterocycles. The molecule has 3 aromatic rings. The molecule has 7 rings (SSSR count). The monoisotopic (exact) mass is 600 g/mol. The number of rotatable bonds is 6. The van der Waals surface area contributed by atoms with Gasteiger partial charge in [-0.25, -0.2) is 0 Å². The molecule has 2 aliphatic carbocycles. The van der Waals surface area contributed by atoms with Crippen LogP contribution in [0.15, 0.2) is 91.5 Å². The summed E-state index contributed by atoms with van der Waals surface area (Å²) < 4.78 is 5.41. The predicted molar refractivity (Wildman–Crippen MR) is 170 cm³/mol. The SMILES string of the molecule is C=Cc1ccc(N2C(=O)[C@H]3[C@H](CC=C4[C@H]3C[C@H]3C(=O)N(c5ccc(C=C)cc5)C(=O)[C@H]3[C@H]4c3cccc(OC)c3O)C2=O)cc1. The van der Waals surface area contributed by atoms with Crippen molar-refractivity contribution in [1.29, 1.82) is 0 Å². The summed E-state index contributed by atoms with van der Waals surface area (Å²) in [5.74, 6) is -5.17. The molecule has 2 aliphatic heterocycles.